The van der Waals surface area contributed by atoms with E-state index in [0.29, 0.717) is 11.4 Å². The van der Waals surface area contributed by atoms with Crippen LogP contribution in [0.2, 0.25) is 0 Å². The van der Waals surface area contributed by atoms with Crippen LogP contribution in [0.4, 0.5) is 10.1 Å². The van der Waals surface area contributed by atoms with Crippen LogP contribution in [0.15, 0.2) is 48.9 Å². The summed E-state index contributed by atoms with van der Waals surface area (Å²) in [5.74, 6) is -0.337. The van der Waals surface area contributed by atoms with E-state index in [0.717, 1.165) is 5.69 Å². The lowest BCUT2D eigenvalue weighted by Gasteiger charge is -2.07. The van der Waals surface area contributed by atoms with Crippen LogP contribution in [0.3, 0.4) is 0 Å². The fourth-order valence-electron chi connectivity index (χ4n) is 2.01. The number of alkyl halides is 1. The number of amides is 1. The van der Waals surface area contributed by atoms with Gasteiger partial charge in [-0.05, 0) is 30.3 Å². The maximum absolute atomic E-state index is 12.4. The first-order valence-electron chi connectivity index (χ1n) is 6.64. The van der Waals surface area contributed by atoms with E-state index in [4.69, 9.17) is 0 Å². The Labute approximate surface area is 125 Å². The van der Waals surface area contributed by atoms with Gasteiger partial charge < -0.3 is 5.32 Å². The van der Waals surface area contributed by atoms with Crippen molar-refractivity contribution in [1.29, 1.82) is 0 Å². The number of hydrogen-bond acceptors (Lipinski definition) is 4. The molecule has 2 aromatic heterocycles. The molecular weight excluding hydrogens is 287 g/mol. The van der Waals surface area contributed by atoms with Gasteiger partial charge in [0.1, 0.15) is 12.4 Å². The average Bonchev–Trinajstić information content (AvgIpc) is 3.19. The SMILES string of the molecule is O=C(Nc1ccc(-n2nccn2)cc1)c1ccnn1CCF. The Morgan fingerprint density at radius 3 is 2.45 bits per heavy atom. The Balaban J connectivity index is 1.73. The normalized spacial score (nSPS) is 10.6. The van der Waals surface area contributed by atoms with Crippen molar-refractivity contribution in [2.45, 2.75) is 6.54 Å². The number of hydrogen-bond donors (Lipinski definition) is 1. The van der Waals surface area contributed by atoms with Crippen molar-refractivity contribution in [3.8, 4) is 5.69 Å². The van der Waals surface area contributed by atoms with Crippen molar-refractivity contribution in [2.75, 3.05) is 12.0 Å². The fraction of sp³-hybridized carbons (Fsp3) is 0.143. The van der Waals surface area contributed by atoms with Gasteiger partial charge in [0.05, 0.1) is 24.6 Å². The predicted molar refractivity (Wildman–Crippen MR) is 77.5 cm³/mol. The van der Waals surface area contributed by atoms with E-state index in [1.54, 1.807) is 42.7 Å². The van der Waals surface area contributed by atoms with Gasteiger partial charge in [0.15, 0.2) is 0 Å². The maximum atomic E-state index is 12.4. The van der Waals surface area contributed by atoms with E-state index < -0.39 is 6.67 Å². The number of nitrogens with zero attached hydrogens (tertiary/aromatic N) is 5. The molecule has 22 heavy (non-hydrogen) atoms. The van der Waals surface area contributed by atoms with Crippen LogP contribution < -0.4 is 5.32 Å². The second-order valence-electron chi connectivity index (χ2n) is 4.45. The summed E-state index contributed by atoms with van der Waals surface area (Å²) < 4.78 is 13.7. The lowest BCUT2D eigenvalue weighted by molar-refractivity contribution is 0.101. The van der Waals surface area contributed by atoms with E-state index in [1.165, 1.54) is 15.7 Å². The molecule has 7 nitrogen and oxygen atoms in total. The largest absolute Gasteiger partial charge is 0.321 e. The molecule has 1 amide bonds. The van der Waals surface area contributed by atoms with Crippen LogP contribution in [-0.4, -0.2) is 37.4 Å². The summed E-state index contributed by atoms with van der Waals surface area (Å²) in [6, 6.07) is 8.61. The molecule has 112 valence electrons. The third-order valence-electron chi connectivity index (χ3n) is 3.02. The fourth-order valence-corrected chi connectivity index (χ4v) is 2.01. The second kappa shape index (κ2) is 6.17. The van der Waals surface area contributed by atoms with Gasteiger partial charge in [0, 0.05) is 11.9 Å². The zero-order valence-corrected chi connectivity index (χ0v) is 11.6. The summed E-state index contributed by atoms with van der Waals surface area (Å²) >= 11 is 0. The first-order chi connectivity index (χ1) is 10.8. The molecule has 0 atom stereocenters. The van der Waals surface area contributed by atoms with Crippen molar-refractivity contribution in [1.82, 2.24) is 24.8 Å². The first-order valence-corrected chi connectivity index (χ1v) is 6.64. The molecular formula is C14H13FN6O. The highest BCUT2D eigenvalue weighted by Crippen LogP contribution is 2.13. The molecule has 3 rings (SSSR count). The number of rotatable bonds is 5. The minimum absolute atomic E-state index is 0.0552. The summed E-state index contributed by atoms with van der Waals surface area (Å²) in [5.41, 5.74) is 1.72. The third-order valence-corrected chi connectivity index (χ3v) is 3.02. The minimum atomic E-state index is -0.576. The van der Waals surface area contributed by atoms with Crippen LogP contribution in [0.5, 0.6) is 0 Å². The Morgan fingerprint density at radius 1 is 1.05 bits per heavy atom. The minimum Gasteiger partial charge on any atom is -0.321 e. The quantitative estimate of drug-likeness (QED) is 0.777. The third kappa shape index (κ3) is 2.85. The summed E-state index contributed by atoms with van der Waals surface area (Å²) in [7, 11) is 0. The highest BCUT2D eigenvalue weighted by atomic mass is 19.1. The van der Waals surface area contributed by atoms with Crippen molar-refractivity contribution >= 4 is 11.6 Å². The topological polar surface area (TPSA) is 77.6 Å². The summed E-state index contributed by atoms with van der Waals surface area (Å²) in [4.78, 5) is 13.6. The van der Waals surface area contributed by atoms with E-state index in [2.05, 4.69) is 20.6 Å². The van der Waals surface area contributed by atoms with E-state index in [-0.39, 0.29) is 12.5 Å². The summed E-state index contributed by atoms with van der Waals surface area (Å²) in [6.07, 6.45) is 4.64. The van der Waals surface area contributed by atoms with E-state index >= 15 is 0 Å². The van der Waals surface area contributed by atoms with Gasteiger partial charge in [0.2, 0.25) is 0 Å². The number of aryl methyl sites for hydroxylation is 1. The molecule has 2 heterocycles. The van der Waals surface area contributed by atoms with Gasteiger partial charge >= 0.3 is 0 Å². The Kier molecular flexibility index (Phi) is 3.90. The number of aromatic nitrogens is 5. The van der Waals surface area contributed by atoms with Crippen LogP contribution in [0, 0.1) is 0 Å². The van der Waals surface area contributed by atoms with E-state index in [9.17, 15) is 9.18 Å². The molecule has 0 aliphatic carbocycles. The van der Waals surface area contributed by atoms with Gasteiger partial charge in [-0.15, -0.1) is 0 Å². The van der Waals surface area contributed by atoms with Crippen LogP contribution in [0.25, 0.3) is 5.69 Å². The number of carbonyl (C=O) groups is 1. The molecule has 1 aromatic carbocycles. The highest BCUT2D eigenvalue weighted by Gasteiger charge is 2.12. The Morgan fingerprint density at radius 2 is 1.77 bits per heavy atom. The van der Waals surface area contributed by atoms with Crippen LogP contribution in [0.1, 0.15) is 10.5 Å². The number of carbonyl (C=O) groups excluding carboxylic acids is 1. The molecule has 0 aliphatic heterocycles. The zero-order valence-electron chi connectivity index (χ0n) is 11.6. The van der Waals surface area contributed by atoms with Gasteiger partial charge in [-0.25, -0.2) is 4.39 Å². The molecule has 0 unspecified atom stereocenters. The monoisotopic (exact) mass is 300 g/mol. The van der Waals surface area contributed by atoms with Crippen molar-refractivity contribution in [3.63, 3.8) is 0 Å². The molecule has 0 fully saturated rings. The second-order valence-corrected chi connectivity index (χ2v) is 4.45. The number of benzene rings is 1. The molecule has 0 saturated carbocycles. The lowest BCUT2D eigenvalue weighted by Crippen LogP contribution is -2.18. The van der Waals surface area contributed by atoms with E-state index in [1.807, 2.05) is 0 Å². The first kappa shape index (κ1) is 13.9. The van der Waals surface area contributed by atoms with Gasteiger partial charge in [-0.1, -0.05) is 0 Å². The van der Waals surface area contributed by atoms with Gasteiger partial charge in [-0.3, -0.25) is 9.48 Å². The molecule has 0 aliphatic rings. The number of nitrogens with one attached hydrogen (secondary N) is 1. The molecule has 0 bridgehead atoms. The standard InChI is InChI=1S/C14H13FN6O/c15-6-10-20-13(5-7-16-20)14(22)19-11-1-3-12(4-2-11)21-17-8-9-18-21/h1-5,7-9H,6,10H2,(H,19,22). The predicted octanol–water partition coefficient (Wildman–Crippen LogP) is 1.69. The lowest BCUT2D eigenvalue weighted by atomic mass is 10.2. The van der Waals surface area contributed by atoms with Gasteiger partial charge in [0.25, 0.3) is 5.91 Å². The van der Waals surface area contributed by atoms with Crippen LogP contribution in [-0.2, 0) is 6.54 Å². The average molecular weight is 300 g/mol. The Bertz CT molecular complexity index is 750. The Hall–Kier alpha value is -3.03. The van der Waals surface area contributed by atoms with Crippen molar-refractivity contribution in [3.05, 3.63) is 54.6 Å². The van der Waals surface area contributed by atoms with Crippen molar-refractivity contribution < 1.29 is 9.18 Å². The molecule has 1 N–H and O–H groups in total. The molecule has 0 radical (unpaired) electrons. The smallest absolute Gasteiger partial charge is 0.273 e. The molecule has 0 spiro atoms. The molecule has 0 saturated heterocycles. The highest BCUT2D eigenvalue weighted by molar-refractivity contribution is 6.03. The maximum Gasteiger partial charge on any atom is 0.273 e. The number of anilines is 1. The van der Waals surface area contributed by atoms with Crippen LogP contribution >= 0.6 is 0 Å². The van der Waals surface area contributed by atoms with Crippen molar-refractivity contribution in [2.24, 2.45) is 0 Å². The molecule has 3 aromatic rings. The van der Waals surface area contributed by atoms with Gasteiger partial charge in [-0.2, -0.15) is 20.1 Å². The summed E-state index contributed by atoms with van der Waals surface area (Å²) in [5, 5.41) is 14.7. The number of halogens is 1. The molecule has 8 heteroatoms. The zero-order chi connectivity index (χ0) is 15.4. The summed E-state index contributed by atoms with van der Waals surface area (Å²) in [6.45, 7) is -0.521.